The van der Waals surface area contributed by atoms with E-state index >= 15 is 0 Å². The average Bonchev–Trinajstić information content (AvgIpc) is 2.34. The molecule has 10 heavy (non-hydrogen) atoms. The van der Waals surface area contributed by atoms with E-state index in [1.807, 2.05) is 0 Å². The molecule has 2 fully saturated rings. The maximum Gasteiger partial charge on any atom is 0.410 e. The first-order chi connectivity index (χ1) is 4.88. The fourth-order valence-electron chi connectivity index (χ4n) is 1.25. The lowest BCUT2D eigenvalue weighted by Crippen LogP contribution is -2.44. The molecule has 0 aromatic heterocycles. The third-order valence-electron chi connectivity index (χ3n) is 1.81. The van der Waals surface area contributed by atoms with Gasteiger partial charge in [-0.3, -0.25) is 4.90 Å². The molecule has 1 N–H and O–H groups in total. The van der Waals surface area contributed by atoms with Crippen molar-refractivity contribution in [2.24, 2.45) is 0 Å². The molecule has 0 atom stereocenters. The minimum Gasteiger partial charge on any atom is -0.447 e. The highest BCUT2D eigenvalue weighted by Crippen LogP contribution is 2.19. The third-order valence-corrected chi connectivity index (χ3v) is 1.81. The Morgan fingerprint density at radius 3 is 3.30 bits per heavy atom. The van der Waals surface area contributed by atoms with Gasteiger partial charge in [-0.15, -0.1) is 0 Å². The van der Waals surface area contributed by atoms with E-state index in [0.29, 0.717) is 6.61 Å². The molecule has 55 valence electrons. The Balaban J connectivity index is 2.08. The molecule has 0 aliphatic carbocycles. The molecule has 0 spiro atoms. The van der Waals surface area contributed by atoms with Gasteiger partial charge in [-0.25, -0.2) is 4.79 Å². The van der Waals surface area contributed by atoms with Gasteiger partial charge in [0, 0.05) is 19.6 Å². The van der Waals surface area contributed by atoms with Crippen molar-refractivity contribution in [3.63, 3.8) is 0 Å². The lowest BCUT2D eigenvalue weighted by atomic mass is 10.2. The number of cyclic esters (lactones) is 1. The second kappa shape index (κ2) is 2.12. The van der Waals surface area contributed by atoms with Crippen molar-refractivity contribution in [1.29, 1.82) is 0 Å². The average molecular weight is 141 g/mol. The summed E-state index contributed by atoms with van der Waals surface area (Å²) in [6.45, 7) is 2.91. The molecule has 4 heteroatoms. The van der Waals surface area contributed by atoms with Crippen LogP contribution in [0, 0.1) is 6.04 Å². The maximum atomic E-state index is 10.9. The summed E-state index contributed by atoms with van der Waals surface area (Å²) in [5.41, 5.74) is 0. The molecule has 0 aromatic rings. The Morgan fingerprint density at radius 2 is 2.50 bits per heavy atom. The fraction of sp³-hybridized carbons (Fsp3) is 0.667. The molecule has 1 radical (unpaired) electrons. The fourth-order valence-corrected chi connectivity index (χ4v) is 1.25. The molecule has 1 amide bonds. The van der Waals surface area contributed by atoms with Crippen molar-refractivity contribution in [3.05, 3.63) is 6.04 Å². The van der Waals surface area contributed by atoms with Crippen LogP contribution in [0.1, 0.15) is 0 Å². The lowest BCUT2D eigenvalue weighted by Gasteiger charge is -2.25. The van der Waals surface area contributed by atoms with Crippen molar-refractivity contribution in [2.45, 2.75) is 0 Å². The van der Waals surface area contributed by atoms with Crippen LogP contribution in [0.4, 0.5) is 4.79 Å². The Kier molecular flexibility index (Phi) is 1.27. The zero-order chi connectivity index (χ0) is 6.97. The number of nitrogens with one attached hydrogen (secondary N) is 1. The Labute approximate surface area is 59.1 Å². The van der Waals surface area contributed by atoms with Gasteiger partial charge in [0.2, 0.25) is 0 Å². The van der Waals surface area contributed by atoms with Crippen molar-refractivity contribution in [3.8, 4) is 0 Å². The molecular weight excluding hydrogens is 132 g/mol. The van der Waals surface area contributed by atoms with Crippen molar-refractivity contribution in [2.75, 3.05) is 26.2 Å². The summed E-state index contributed by atoms with van der Waals surface area (Å²) in [6.07, 6.45) is -0.184. The highest BCUT2D eigenvalue weighted by atomic mass is 16.6. The topological polar surface area (TPSA) is 41.6 Å². The number of rotatable bonds is 0. The van der Waals surface area contributed by atoms with Crippen LogP contribution in [0.3, 0.4) is 0 Å². The molecule has 2 saturated heterocycles. The summed E-state index contributed by atoms with van der Waals surface area (Å²) >= 11 is 0. The molecule has 2 aliphatic rings. The van der Waals surface area contributed by atoms with Gasteiger partial charge in [0.1, 0.15) is 12.6 Å². The van der Waals surface area contributed by atoms with Crippen LogP contribution in [0.5, 0.6) is 0 Å². The smallest absolute Gasteiger partial charge is 0.410 e. The van der Waals surface area contributed by atoms with E-state index in [0.717, 1.165) is 25.7 Å². The van der Waals surface area contributed by atoms with Crippen LogP contribution in [0.25, 0.3) is 0 Å². The second-order valence-electron chi connectivity index (χ2n) is 2.45. The number of carbonyl (C=O) groups excluding carboxylic acids is 1. The first kappa shape index (κ1) is 5.97. The predicted octanol–water partition coefficient (Wildman–Crippen LogP) is -0.426. The summed E-state index contributed by atoms with van der Waals surface area (Å²) in [6, 6.07) is 1.07. The van der Waals surface area contributed by atoms with Gasteiger partial charge in [0.05, 0.1) is 0 Å². The molecule has 4 nitrogen and oxygen atoms in total. The van der Waals surface area contributed by atoms with Gasteiger partial charge in [-0.2, -0.15) is 0 Å². The van der Waals surface area contributed by atoms with Gasteiger partial charge in [-0.05, 0) is 0 Å². The van der Waals surface area contributed by atoms with Gasteiger partial charge < -0.3 is 10.1 Å². The summed E-state index contributed by atoms with van der Waals surface area (Å²) in [4.78, 5) is 12.6. The lowest BCUT2D eigenvalue weighted by molar-refractivity contribution is 0.157. The Morgan fingerprint density at radius 1 is 1.60 bits per heavy atom. The number of amides is 1. The van der Waals surface area contributed by atoms with E-state index in [1.54, 1.807) is 4.90 Å². The molecule has 0 unspecified atom stereocenters. The van der Waals surface area contributed by atoms with E-state index in [9.17, 15) is 4.79 Å². The van der Waals surface area contributed by atoms with Gasteiger partial charge >= 0.3 is 6.09 Å². The van der Waals surface area contributed by atoms with E-state index < -0.39 is 0 Å². The van der Waals surface area contributed by atoms with Crippen molar-refractivity contribution in [1.82, 2.24) is 10.2 Å². The number of nitrogens with zero attached hydrogens (tertiary/aromatic N) is 1. The molecule has 0 aromatic carbocycles. The minimum absolute atomic E-state index is 0.184. The van der Waals surface area contributed by atoms with Crippen LogP contribution in [-0.4, -0.2) is 37.2 Å². The van der Waals surface area contributed by atoms with E-state index in [4.69, 9.17) is 4.74 Å². The molecule has 0 saturated carbocycles. The van der Waals surface area contributed by atoms with Crippen LogP contribution < -0.4 is 5.32 Å². The Hall–Kier alpha value is -0.770. The van der Waals surface area contributed by atoms with Crippen LogP contribution in [0.2, 0.25) is 0 Å². The standard InChI is InChI=1S/C6H9N2O2/c9-6-8-2-1-7-3-5(8)4-10-6/h7H,1-4H2. The summed E-state index contributed by atoms with van der Waals surface area (Å²) < 4.78 is 4.81. The zero-order valence-corrected chi connectivity index (χ0v) is 5.59. The summed E-state index contributed by atoms with van der Waals surface area (Å²) in [5.74, 6) is 0. The monoisotopic (exact) mass is 141 g/mol. The zero-order valence-electron chi connectivity index (χ0n) is 5.59. The normalized spacial score (nSPS) is 26.4. The quantitative estimate of drug-likeness (QED) is 0.498. The number of hydrogen-bond donors (Lipinski definition) is 1. The largest absolute Gasteiger partial charge is 0.447 e. The number of carbonyl (C=O) groups is 1. The van der Waals surface area contributed by atoms with Gasteiger partial charge in [0.15, 0.2) is 0 Å². The molecule has 0 bridgehead atoms. The van der Waals surface area contributed by atoms with Crippen LogP contribution >= 0.6 is 0 Å². The van der Waals surface area contributed by atoms with Crippen molar-refractivity contribution < 1.29 is 9.53 Å². The van der Waals surface area contributed by atoms with Crippen LogP contribution in [0.15, 0.2) is 0 Å². The number of hydrogen-bond acceptors (Lipinski definition) is 3. The van der Waals surface area contributed by atoms with E-state index in [-0.39, 0.29) is 6.09 Å². The highest BCUT2D eigenvalue weighted by molar-refractivity contribution is 5.72. The number of ether oxygens (including phenoxy) is 1. The number of piperazine rings is 1. The number of fused-ring (bicyclic) bond motifs is 1. The maximum absolute atomic E-state index is 10.9. The third kappa shape index (κ3) is 0.759. The molecule has 2 heterocycles. The minimum atomic E-state index is -0.184. The SMILES string of the molecule is O=C1OC[C]2CNCCN21. The predicted molar refractivity (Wildman–Crippen MR) is 34.2 cm³/mol. The molecule has 2 rings (SSSR count). The molecule has 2 aliphatic heterocycles. The van der Waals surface area contributed by atoms with Crippen LogP contribution in [-0.2, 0) is 4.74 Å². The highest BCUT2D eigenvalue weighted by Gasteiger charge is 2.35. The van der Waals surface area contributed by atoms with E-state index in [2.05, 4.69) is 5.32 Å². The summed E-state index contributed by atoms with van der Waals surface area (Å²) in [7, 11) is 0. The Bertz CT molecular complexity index is 160. The van der Waals surface area contributed by atoms with E-state index in [1.165, 1.54) is 0 Å². The molecular formula is C6H9N2O2. The second-order valence-corrected chi connectivity index (χ2v) is 2.45. The first-order valence-corrected chi connectivity index (χ1v) is 3.37. The first-order valence-electron chi connectivity index (χ1n) is 3.37. The van der Waals surface area contributed by atoms with Gasteiger partial charge in [0.25, 0.3) is 0 Å². The van der Waals surface area contributed by atoms with Gasteiger partial charge in [-0.1, -0.05) is 0 Å². The van der Waals surface area contributed by atoms with Crippen molar-refractivity contribution >= 4 is 6.09 Å². The summed E-state index contributed by atoms with van der Waals surface area (Å²) in [5, 5.41) is 3.17.